The monoisotopic (exact) mass is 249 g/mol. The highest BCUT2D eigenvalue weighted by molar-refractivity contribution is 5.73. The summed E-state index contributed by atoms with van der Waals surface area (Å²) >= 11 is 0. The predicted octanol–water partition coefficient (Wildman–Crippen LogP) is 1.43. The van der Waals surface area contributed by atoms with E-state index in [2.05, 4.69) is 10.3 Å². The van der Waals surface area contributed by atoms with Crippen LogP contribution in [0, 0.1) is 16.0 Å². The molecule has 1 heterocycles. The Morgan fingerprint density at radius 3 is 2.78 bits per heavy atom. The van der Waals surface area contributed by atoms with Gasteiger partial charge in [-0.25, -0.2) is 4.98 Å². The minimum absolute atomic E-state index is 0.0778. The van der Waals surface area contributed by atoms with E-state index in [9.17, 15) is 14.9 Å². The average molecular weight is 249 g/mol. The van der Waals surface area contributed by atoms with E-state index in [4.69, 9.17) is 5.11 Å². The molecule has 0 bridgehead atoms. The lowest BCUT2D eigenvalue weighted by atomic mass is 10.1. The summed E-state index contributed by atoms with van der Waals surface area (Å²) in [7, 11) is 0. The SMILES string of the molecule is O=C(O)C1C=CC(Nc2ccc([N+](=O)[O-])cn2)C1. The van der Waals surface area contributed by atoms with Crippen molar-refractivity contribution >= 4 is 17.5 Å². The summed E-state index contributed by atoms with van der Waals surface area (Å²) in [6.45, 7) is 0. The van der Waals surface area contributed by atoms with Crippen LogP contribution in [-0.2, 0) is 4.79 Å². The van der Waals surface area contributed by atoms with Crippen molar-refractivity contribution < 1.29 is 14.8 Å². The molecule has 1 aliphatic rings. The summed E-state index contributed by atoms with van der Waals surface area (Å²) in [4.78, 5) is 24.6. The molecule has 2 rings (SSSR count). The molecule has 0 aliphatic heterocycles. The Morgan fingerprint density at radius 1 is 1.50 bits per heavy atom. The molecule has 2 N–H and O–H groups in total. The van der Waals surface area contributed by atoms with Gasteiger partial charge in [-0.05, 0) is 12.5 Å². The van der Waals surface area contributed by atoms with Gasteiger partial charge in [0.1, 0.15) is 12.0 Å². The standard InChI is InChI=1S/C11H11N3O4/c15-11(16)7-1-2-8(5-7)13-10-4-3-9(6-12-10)14(17)18/h1-4,6-8H,5H2,(H,12,13)(H,15,16). The summed E-state index contributed by atoms with van der Waals surface area (Å²) in [6, 6.07) is 2.74. The van der Waals surface area contributed by atoms with Crippen molar-refractivity contribution in [3.05, 3.63) is 40.6 Å². The molecular weight excluding hydrogens is 238 g/mol. The number of nitrogens with one attached hydrogen (secondary N) is 1. The van der Waals surface area contributed by atoms with E-state index in [-0.39, 0.29) is 11.7 Å². The zero-order valence-electron chi connectivity index (χ0n) is 9.31. The largest absolute Gasteiger partial charge is 0.481 e. The fourth-order valence-electron chi connectivity index (χ4n) is 1.76. The number of aromatic nitrogens is 1. The quantitative estimate of drug-likeness (QED) is 0.475. The molecule has 1 aliphatic carbocycles. The second kappa shape index (κ2) is 4.82. The number of pyridine rings is 1. The van der Waals surface area contributed by atoms with Crippen molar-refractivity contribution in [2.45, 2.75) is 12.5 Å². The highest BCUT2D eigenvalue weighted by atomic mass is 16.6. The van der Waals surface area contributed by atoms with Crippen molar-refractivity contribution in [1.29, 1.82) is 0 Å². The van der Waals surface area contributed by atoms with Crippen LogP contribution in [0.25, 0.3) is 0 Å². The number of nitrogens with zero attached hydrogens (tertiary/aromatic N) is 2. The second-order valence-electron chi connectivity index (χ2n) is 3.97. The van der Waals surface area contributed by atoms with Crippen molar-refractivity contribution in [2.24, 2.45) is 5.92 Å². The lowest BCUT2D eigenvalue weighted by Gasteiger charge is -2.12. The lowest BCUT2D eigenvalue weighted by molar-refractivity contribution is -0.385. The normalized spacial score (nSPS) is 21.8. The van der Waals surface area contributed by atoms with Gasteiger partial charge in [0, 0.05) is 12.1 Å². The molecule has 0 saturated carbocycles. The minimum Gasteiger partial charge on any atom is -0.481 e. The number of aliphatic carboxylic acids is 1. The predicted molar refractivity (Wildman–Crippen MR) is 63.2 cm³/mol. The molecule has 0 radical (unpaired) electrons. The minimum atomic E-state index is -0.854. The zero-order valence-corrected chi connectivity index (χ0v) is 9.31. The van der Waals surface area contributed by atoms with Gasteiger partial charge < -0.3 is 10.4 Å². The molecule has 2 unspecified atom stereocenters. The number of anilines is 1. The number of hydrogen-bond donors (Lipinski definition) is 2. The smallest absolute Gasteiger partial charge is 0.310 e. The van der Waals surface area contributed by atoms with E-state index in [1.54, 1.807) is 12.2 Å². The van der Waals surface area contributed by atoms with Gasteiger partial charge >= 0.3 is 5.97 Å². The van der Waals surface area contributed by atoms with Crippen LogP contribution in [-0.4, -0.2) is 27.0 Å². The maximum atomic E-state index is 10.7. The van der Waals surface area contributed by atoms with Crippen LogP contribution >= 0.6 is 0 Å². The number of hydrogen-bond acceptors (Lipinski definition) is 5. The van der Waals surface area contributed by atoms with Gasteiger partial charge in [0.15, 0.2) is 0 Å². The molecule has 7 heteroatoms. The van der Waals surface area contributed by atoms with Gasteiger partial charge in [-0.3, -0.25) is 14.9 Å². The number of nitro groups is 1. The number of carbonyl (C=O) groups is 1. The summed E-state index contributed by atoms with van der Waals surface area (Å²) < 4.78 is 0. The summed E-state index contributed by atoms with van der Waals surface area (Å²) in [5, 5.41) is 22.3. The van der Waals surface area contributed by atoms with E-state index in [1.807, 2.05) is 0 Å². The number of rotatable bonds is 4. The molecule has 18 heavy (non-hydrogen) atoms. The van der Waals surface area contributed by atoms with E-state index in [0.29, 0.717) is 12.2 Å². The molecule has 2 atom stereocenters. The van der Waals surface area contributed by atoms with Crippen LogP contribution in [0.15, 0.2) is 30.5 Å². The first-order valence-corrected chi connectivity index (χ1v) is 5.34. The maximum Gasteiger partial charge on any atom is 0.310 e. The fraction of sp³-hybridized carbons (Fsp3) is 0.273. The Labute approximate surface area is 102 Å². The summed E-state index contributed by atoms with van der Waals surface area (Å²) in [5.41, 5.74) is -0.0778. The molecular formula is C11H11N3O4. The molecule has 7 nitrogen and oxygen atoms in total. The second-order valence-corrected chi connectivity index (χ2v) is 3.97. The van der Waals surface area contributed by atoms with Crippen LogP contribution in [0.2, 0.25) is 0 Å². The number of carboxylic acids is 1. The first-order valence-electron chi connectivity index (χ1n) is 5.34. The Balaban J connectivity index is 1.97. The van der Waals surface area contributed by atoms with Crippen molar-refractivity contribution in [2.75, 3.05) is 5.32 Å². The Bertz CT molecular complexity index is 498. The fourth-order valence-corrected chi connectivity index (χ4v) is 1.76. The van der Waals surface area contributed by atoms with E-state index in [0.717, 1.165) is 6.20 Å². The van der Waals surface area contributed by atoms with Gasteiger partial charge in [0.2, 0.25) is 0 Å². The molecule has 0 amide bonds. The van der Waals surface area contributed by atoms with Gasteiger partial charge in [-0.15, -0.1) is 0 Å². The first-order chi connectivity index (χ1) is 8.56. The van der Waals surface area contributed by atoms with Crippen LogP contribution < -0.4 is 5.32 Å². The van der Waals surface area contributed by atoms with E-state index in [1.165, 1.54) is 12.1 Å². The highest BCUT2D eigenvalue weighted by Crippen LogP contribution is 2.21. The third kappa shape index (κ3) is 2.62. The summed E-state index contributed by atoms with van der Waals surface area (Å²) in [5.74, 6) is -0.853. The molecule has 94 valence electrons. The topological polar surface area (TPSA) is 105 Å². The highest BCUT2D eigenvalue weighted by Gasteiger charge is 2.24. The first kappa shape index (κ1) is 12.0. The lowest BCUT2D eigenvalue weighted by Crippen LogP contribution is -2.19. The van der Waals surface area contributed by atoms with Crippen molar-refractivity contribution in [3.63, 3.8) is 0 Å². The van der Waals surface area contributed by atoms with Gasteiger partial charge in [-0.2, -0.15) is 0 Å². The zero-order chi connectivity index (χ0) is 13.1. The van der Waals surface area contributed by atoms with E-state index >= 15 is 0 Å². The molecule has 1 aromatic rings. The third-order valence-electron chi connectivity index (χ3n) is 2.69. The molecule has 0 aromatic carbocycles. The van der Waals surface area contributed by atoms with Crippen LogP contribution in [0.4, 0.5) is 11.5 Å². The Hall–Kier alpha value is -2.44. The molecule has 0 fully saturated rings. The third-order valence-corrected chi connectivity index (χ3v) is 2.69. The van der Waals surface area contributed by atoms with Crippen molar-refractivity contribution in [3.8, 4) is 0 Å². The number of carboxylic acid groups (broad SMARTS) is 1. The maximum absolute atomic E-state index is 10.7. The van der Waals surface area contributed by atoms with Gasteiger partial charge in [0.05, 0.1) is 10.8 Å². The van der Waals surface area contributed by atoms with E-state index < -0.39 is 16.8 Å². The molecule has 0 spiro atoms. The Morgan fingerprint density at radius 2 is 2.28 bits per heavy atom. The van der Waals surface area contributed by atoms with Crippen LogP contribution in [0.3, 0.4) is 0 Å². The average Bonchev–Trinajstić information content (AvgIpc) is 2.78. The van der Waals surface area contributed by atoms with Gasteiger partial charge in [0.25, 0.3) is 5.69 Å². The van der Waals surface area contributed by atoms with Crippen molar-refractivity contribution in [1.82, 2.24) is 4.98 Å². The summed E-state index contributed by atoms with van der Waals surface area (Å²) in [6.07, 6.45) is 5.01. The molecule has 0 saturated heterocycles. The van der Waals surface area contributed by atoms with Crippen LogP contribution in [0.1, 0.15) is 6.42 Å². The Kier molecular flexibility index (Phi) is 3.22. The van der Waals surface area contributed by atoms with Crippen LogP contribution in [0.5, 0.6) is 0 Å². The molecule has 1 aromatic heterocycles. The van der Waals surface area contributed by atoms with Gasteiger partial charge in [-0.1, -0.05) is 12.2 Å².